The minimum Gasteiger partial charge on any atom is -0.394 e. The molecule has 5 nitrogen and oxygen atoms in total. The fraction of sp³-hybridized carbons (Fsp3) is 0.350. The molecule has 2 aromatic rings. The van der Waals surface area contributed by atoms with Crippen LogP contribution in [0.3, 0.4) is 0 Å². The summed E-state index contributed by atoms with van der Waals surface area (Å²) in [5.74, 6) is -1.16. The Bertz CT molecular complexity index is 665. The second-order valence-corrected chi connectivity index (χ2v) is 5.83. The summed E-state index contributed by atoms with van der Waals surface area (Å²) in [5.41, 5.74) is 1.41. The van der Waals surface area contributed by atoms with Gasteiger partial charge in [-0.2, -0.15) is 0 Å². The van der Waals surface area contributed by atoms with Gasteiger partial charge < -0.3 is 19.3 Å². The number of ketones is 1. The molecule has 3 rings (SSSR count). The molecule has 132 valence electrons. The Morgan fingerprint density at radius 3 is 2.24 bits per heavy atom. The maximum absolute atomic E-state index is 12.9. The van der Waals surface area contributed by atoms with Crippen molar-refractivity contribution in [1.82, 2.24) is 0 Å². The standard InChI is InChI=1S/C20H22O5/c21-11-12-23-18(19(22)16-7-3-1-4-8-16)15-20(24-13-14-25-20)17-9-5-2-6-10-17/h1-10,18,21H,11-15H2. The molecular weight excluding hydrogens is 320 g/mol. The topological polar surface area (TPSA) is 65.0 Å². The maximum atomic E-state index is 12.9. The van der Waals surface area contributed by atoms with Gasteiger partial charge in [-0.1, -0.05) is 60.7 Å². The van der Waals surface area contributed by atoms with Gasteiger partial charge in [-0.3, -0.25) is 4.79 Å². The van der Waals surface area contributed by atoms with Crippen LogP contribution in [0.4, 0.5) is 0 Å². The van der Waals surface area contributed by atoms with Crippen LogP contribution in [0.15, 0.2) is 60.7 Å². The summed E-state index contributed by atoms with van der Waals surface area (Å²) in [6.45, 7) is 0.842. The predicted molar refractivity (Wildman–Crippen MR) is 92.2 cm³/mol. The summed E-state index contributed by atoms with van der Waals surface area (Å²) in [6, 6.07) is 18.6. The lowest BCUT2D eigenvalue weighted by atomic mass is 9.94. The highest BCUT2D eigenvalue weighted by Crippen LogP contribution is 2.37. The number of aliphatic hydroxyl groups excluding tert-OH is 1. The third-order valence-corrected chi connectivity index (χ3v) is 4.18. The Balaban J connectivity index is 1.86. The van der Waals surface area contributed by atoms with Crippen molar-refractivity contribution in [3.63, 3.8) is 0 Å². The van der Waals surface area contributed by atoms with Crippen LogP contribution in [0, 0.1) is 0 Å². The lowest BCUT2D eigenvalue weighted by molar-refractivity contribution is -0.186. The highest BCUT2D eigenvalue weighted by molar-refractivity contribution is 5.99. The molecule has 1 N–H and O–H groups in total. The van der Waals surface area contributed by atoms with Crippen LogP contribution >= 0.6 is 0 Å². The number of carbonyl (C=O) groups is 1. The first-order valence-corrected chi connectivity index (χ1v) is 8.40. The number of hydrogen-bond donors (Lipinski definition) is 1. The molecule has 0 radical (unpaired) electrons. The van der Waals surface area contributed by atoms with Gasteiger partial charge >= 0.3 is 0 Å². The van der Waals surface area contributed by atoms with Gasteiger partial charge in [-0.15, -0.1) is 0 Å². The van der Waals surface area contributed by atoms with E-state index >= 15 is 0 Å². The molecule has 1 heterocycles. The van der Waals surface area contributed by atoms with Crippen molar-refractivity contribution in [2.45, 2.75) is 18.3 Å². The van der Waals surface area contributed by atoms with Crippen LogP contribution < -0.4 is 0 Å². The summed E-state index contributed by atoms with van der Waals surface area (Å²) in [4.78, 5) is 12.9. The first kappa shape index (κ1) is 17.8. The monoisotopic (exact) mass is 342 g/mol. The third-order valence-electron chi connectivity index (χ3n) is 4.18. The van der Waals surface area contributed by atoms with Crippen molar-refractivity contribution in [2.24, 2.45) is 0 Å². The molecule has 5 heteroatoms. The predicted octanol–water partition coefficient (Wildman–Crippen LogP) is 2.54. The van der Waals surface area contributed by atoms with E-state index in [2.05, 4.69) is 0 Å². The third kappa shape index (κ3) is 4.14. The molecule has 0 aliphatic carbocycles. The quantitative estimate of drug-likeness (QED) is 0.747. The molecule has 0 saturated carbocycles. The molecule has 0 amide bonds. The van der Waals surface area contributed by atoms with Crippen LogP contribution in [0.2, 0.25) is 0 Å². The van der Waals surface area contributed by atoms with E-state index < -0.39 is 11.9 Å². The van der Waals surface area contributed by atoms with Crippen LogP contribution in [0.5, 0.6) is 0 Å². The largest absolute Gasteiger partial charge is 0.394 e. The number of hydrogen-bond acceptors (Lipinski definition) is 5. The molecule has 0 spiro atoms. The number of Topliss-reactive ketones (excluding diaryl/α,β-unsaturated/α-hetero) is 1. The number of rotatable bonds is 8. The molecule has 0 aromatic heterocycles. The second-order valence-electron chi connectivity index (χ2n) is 5.83. The first-order chi connectivity index (χ1) is 12.2. The number of carbonyl (C=O) groups excluding carboxylic acids is 1. The molecule has 1 aliphatic heterocycles. The summed E-state index contributed by atoms with van der Waals surface area (Å²) >= 11 is 0. The van der Waals surface area contributed by atoms with Crippen molar-refractivity contribution in [3.05, 3.63) is 71.8 Å². The van der Waals surface area contributed by atoms with Gasteiger partial charge in [-0.25, -0.2) is 0 Å². The highest BCUT2D eigenvalue weighted by atomic mass is 16.7. The average molecular weight is 342 g/mol. The zero-order chi connectivity index (χ0) is 17.5. The number of ether oxygens (including phenoxy) is 3. The van der Waals surface area contributed by atoms with E-state index in [1.807, 2.05) is 48.5 Å². The van der Waals surface area contributed by atoms with Gasteiger partial charge in [0.05, 0.1) is 26.4 Å². The molecule has 25 heavy (non-hydrogen) atoms. The smallest absolute Gasteiger partial charge is 0.197 e. The van der Waals surface area contributed by atoms with Crippen LogP contribution in [0.1, 0.15) is 22.3 Å². The van der Waals surface area contributed by atoms with Gasteiger partial charge in [0.1, 0.15) is 6.10 Å². The average Bonchev–Trinajstić information content (AvgIpc) is 3.16. The highest BCUT2D eigenvalue weighted by Gasteiger charge is 2.42. The molecule has 1 unspecified atom stereocenters. The molecular formula is C20H22O5. The van der Waals surface area contributed by atoms with E-state index in [9.17, 15) is 4.79 Å². The fourth-order valence-corrected chi connectivity index (χ4v) is 3.00. The van der Waals surface area contributed by atoms with E-state index in [0.29, 0.717) is 18.8 Å². The number of aliphatic hydroxyl groups is 1. The Kier molecular flexibility index (Phi) is 5.94. The van der Waals surface area contributed by atoms with Crippen molar-refractivity contribution >= 4 is 5.78 Å². The van der Waals surface area contributed by atoms with Crippen LogP contribution in [-0.4, -0.2) is 43.4 Å². The first-order valence-electron chi connectivity index (χ1n) is 8.40. The lowest BCUT2D eigenvalue weighted by Gasteiger charge is -2.31. The van der Waals surface area contributed by atoms with E-state index in [1.54, 1.807) is 12.1 Å². The summed E-state index contributed by atoms with van der Waals surface area (Å²) in [7, 11) is 0. The SMILES string of the molecule is O=C(c1ccccc1)C(CC1(c2ccccc2)OCCO1)OCCO. The molecule has 0 bridgehead atoms. The summed E-state index contributed by atoms with van der Waals surface area (Å²) < 4.78 is 17.5. The molecule has 2 aromatic carbocycles. The molecule has 1 aliphatic rings. The Morgan fingerprint density at radius 2 is 1.64 bits per heavy atom. The van der Waals surface area contributed by atoms with E-state index in [1.165, 1.54) is 0 Å². The molecule has 1 saturated heterocycles. The molecule has 1 fully saturated rings. The van der Waals surface area contributed by atoms with Gasteiger partial charge in [0.2, 0.25) is 0 Å². The van der Waals surface area contributed by atoms with Crippen molar-refractivity contribution < 1.29 is 24.1 Å². The van der Waals surface area contributed by atoms with Gasteiger partial charge in [0, 0.05) is 17.5 Å². The normalized spacial score (nSPS) is 17.3. The Morgan fingerprint density at radius 1 is 1.04 bits per heavy atom. The fourth-order valence-electron chi connectivity index (χ4n) is 3.00. The maximum Gasteiger partial charge on any atom is 0.197 e. The zero-order valence-corrected chi connectivity index (χ0v) is 14.0. The van der Waals surface area contributed by atoms with E-state index in [-0.39, 0.29) is 25.4 Å². The van der Waals surface area contributed by atoms with Crippen LogP contribution in [-0.2, 0) is 20.0 Å². The van der Waals surface area contributed by atoms with Gasteiger partial charge in [-0.05, 0) is 0 Å². The van der Waals surface area contributed by atoms with E-state index in [4.69, 9.17) is 19.3 Å². The minimum atomic E-state index is -1.01. The lowest BCUT2D eigenvalue weighted by Crippen LogP contribution is -2.37. The van der Waals surface area contributed by atoms with Gasteiger partial charge in [0.25, 0.3) is 0 Å². The van der Waals surface area contributed by atoms with E-state index in [0.717, 1.165) is 5.56 Å². The Hall–Kier alpha value is -2.05. The zero-order valence-electron chi connectivity index (χ0n) is 14.0. The summed E-state index contributed by atoms with van der Waals surface area (Å²) in [6.07, 6.45) is -0.544. The second kappa shape index (κ2) is 8.36. The van der Waals surface area contributed by atoms with Crippen molar-refractivity contribution in [2.75, 3.05) is 26.4 Å². The van der Waals surface area contributed by atoms with Gasteiger partial charge in [0.15, 0.2) is 11.6 Å². The van der Waals surface area contributed by atoms with Crippen molar-refractivity contribution in [1.29, 1.82) is 0 Å². The molecule has 1 atom stereocenters. The summed E-state index contributed by atoms with van der Waals surface area (Å²) in [5, 5.41) is 9.11. The number of benzene rings is 2. The van der Waals surface area contributed by atoms with Crippen LogP contribution in [0.25, 0.3) is 0 Å². The Labute approximate surface area is 147 Å². The van der Waals surface area contributed by atoms with Crippen molar-refractivity contribution in [3.8, 4) is 0 Å². The minimum absolute atomic E-state index is 0.0775.